The first-order valence-corrected chi connectivity index (χ1v) is 20.2. The fraction of sp³-hybridized carbons (Fsp3) is 0.812. The smallest absolute Gasteiger partial charge is 0.315 e. The Morgan fingerprint density at radius 1 is 0.725 bits per heavy atom. The van der Waals surface area contributed by atoms with Gasteiger partial charge in [-0.3, -0.25) is 9.59 Å². The molecule has 2 aliphatic heterocycles. The molecule has 2 aliphatic rings. The molecular formula is C32H54BrN5O11S2. The van der Waals surface area contributed by atoms with Crippen molar-refractivity contribution < 1.29 is 52.3 Å². The second-order valence-corrected chi connectivity index (χ2v) is 14.9. The molecule has 1 aromatic heterocycles. The van der Waals surface area contributed by atoms with Crippen molar-refractivity contribution in [2.24, 2.45) is 0 Å². The monoisotopic (exact) mass is 827 g/mol. The number of rotatable bonds is 33. The number of thiazole rings is 1. The van der Waals surface area contributed by atoms with Gasteiger partial charge in [-0.15, -0.1) is 11.3 Å². The molecule has 51 heavy (non-hydrogen) atoms. The molecule has 3 atom stereocenters. The van der Waals surface area contributed by atoms with Gasteiger partial charge in [0.05, 0.1) is 124 Å². The Hall–Kier alpha value is -1.65. The van der Waals surface area contributed by atoms with Crippen molar-refractivity contribution in [3.05, 3.63) is 15.0 Å². The van der Waals surface area contributed by atoms with Crippen LogP contribution in [-0.2, 0) is 42.7 Å². The molecule has 0 unspecified atom stereocenters. The third-order valence-electron chi connectivity index (χ3n) is 7.49. The second kappa shape index (κ2) is 28.8. The first-order chi connectivity index (χ1) is 25.0. The SMILES string of the molecule is O=C(CCCC[C@@H]1SC[C@@H]2NC(=O)N[C@@H]21)NCCOCCOCCOCCOCCOCCOCCOCCOCCNC(=O)c1cnc(Br)s1. The van der Waals surface area contributed by atoms with Gasteiger partial charge in [-0.05, 0) is 28.8 Å². The lowest BCUT2D eigenvalue weighted by Gasteiger charge is -2.16. The summed E-state index contributed by atoms with van der Waals surface area (Å²) in [5, 5.41) is 12.0. The number of fused-ring (bicyclic) bond motifs is 1. The van der Waals surface area contributed by atoms with Crippen LogP contribution in [0.5, 0.6) is 0 Å². The van der Waals surface area contributed by atoms with Crippen LogP contribution in [0.1, 0.15) is 35.4 Å². The minimum absolute atomic E-state index is 0.0402. The van der Waals surface area contributed by atoms with E-state index in [1.807, 2.05) is 11.8 Å². The number of hydrogen-bond acceptors (Lipinski definition) is 14. The number of nitrogens with one attached hydrogen (secondary N) is 4. The van der Waals surface area contributed by atoms with E-state index in [0.29, 0.717) is 139 Å². The number of halogens is 1. The lowest BCUT2D eigenvalue weighted by molar-refractivity contribution is -0.121. The molecule has 0 saturated carbocycles. The molecule has 0 aliphatic carbocycles. The Morgan fingerprint density at radius 3 is 1.71 bits per heavy atom. The molecule has 4 N–H and O–H groups in total. The maximum atomic E-state index is 12.0. The first kappa shape index (κ1) is 43.8. The van der Waals surface area contributed by atoms with Crippen LogP contribution in [0.4, 0.5) is 4.79 Å². The zero-order chi connectivity index (χ0) is 36.2. The quantitative estimate of drug-likeness (QED) is 0.0593. The highest BCUT2D eigenvalue weighted by atomic mass is 79.9. The van der Waals surface area contributed by atoms with E-state index in [1.54, 1.807) is 0 Å². The summed E-state index contributed by atoms with van der Waals surface area (Å²) in [7, 11) is 0. The number of aromatic nitrogens is 1. The van der Waals surface area contributed by atoms with Gasteiger partial charge < -0.3 is 59.2 Å². The topological polar surface area (TPSA) is 186 Å². The first-order valence-electron chi connectivity index (χ1n) is 17.5. The van der Waals surface area contributed by atoms with Crippen molar-refractivity contribution in [1.82, 2.24) is 26.3 Å². The number of unbranched alkanes of at least 4 members (excludes halogenated alkanes) is 1. The van der Waals surface area contributed by atoms with Crippen LogP contribution in [0.25, 0.3) is 0 Å². The molecule has 4 amide bonds. The van der Waals surface area contributed by atoms with Gasteiger partial charge >= 0.3 is 6.03 Å². The van der Waals surface area contributed by atoms with E-state index in [0.717, 1.165) is 25.0 Å². The Bertz CT molecular complexity index is 1100. The number of thioether (sulfide) groups is 1. The summed E-state index contributed by atoms with van der Waals surface area (Å²) in [6, 6.07) is 0.402. The molecule has 0 spiro atoms. The molecular weight excluding hydrogens is 774 g/mol. The van der Waals surface area contributed by atoms with Crippen molar-refractivity contribution in [2.45, 2.75) is 43.0 Å². The predicted molar refractivity (Wildman–Crippen MR) is 196 cm³/mol. The summed E-state index contributed by atoms with van der Waals surface area (Å²) in [4.78, 5) is 39.9. The molecule has 3 rings (SSSR count). The maximum absolute atomic E-state index is 12.0. The van der Waals surface area contributed by atoms with Crippen molar-refractivity contribution in [1.29, 1.82) is 0 Å². The average molecular weight is 829 g/mol. The van der Waals surface area contributed by atoms with Crippen LogP contribution >= 0.6 is 39.0 Å². The van der Waals surface area contributed by atoms with Crippen molar-refractivity contribution in [2.75, 3.05) is 125 Å². The highest BCUT2D eigenvalue weighted by Gasteiger charge is 2.42. The zero-order valence-corrected chi connectivity index (χ0v) is 32.4. The lowest BCUT2D eigenvalue weighted by atomic mass is 10.0. The molecule has 19 heteroatoms. The van der Waals surface area contributed by atoms with Gasteiger partial charge in [0.1, 0.15) is 4.88 Å². The molecule has 0 bridgehead atoms. The van der Waals surface area contributed by atoms with Crippen LogP contribution in [0.3, 0.4) is 0 Å². The lowest BCUT2D eigenvalue weighted by Crippen LogP contribution is -2.36. The van der Waals surface area contributed by atoms with Gasteiger partial charge in [0.25, 0.3) is 5.91 Å². The van der Waals surface area contributed by atoms with E-state index in [1.165, 1.54) is 17.5 Å². The van der Waals surface area contributed by atoms with Crippen LogP contribution < -0.4 is 21.3 Å². The number of hydrogen-bond donors (Lipinski definition) is 4. The van der Waals surface area contributed by atoms with Crippen LogP contribution in [0.15, 0.2) is 10.1 Å². The molecule has 3 heterocycles. The van der Waals surface area contributed by atoms with Crippen molar-refractivity contribution in [3.8, 4) is 0 Å². The van der Waals surface area contributed by atoms with Crippen LogP contribution in [0, 0.1) is 0 Å². The fourth-order valence-corrected chi connectivity index (χ4v) is 7.67. The van der Waals surface area contributed by atoms with E-state index >= 15 is 0 Å². The normalized spacial score (nSPS) is 18.1. The van der Waals surface area contributed by atoms with Gasteiger partial charge in [-0.25, -0.2) is 9.78 Å². The van der Waals surface area contributed by atoms with Gasteiger partial charge in [0.15, 0.2) is 3.92 Å². The van der Waals surface area contributed by atoms with E-state index in [4.69, 9.17) is 37.9 Å². The minimum atomic E-state index is -0.164. The van der Waals surface area contributed by atoms with Crippen molar-refractivity contribution >= 4 is 56.9 Å². The largest absolute Gasteiger partial charge is 0.377 e. The third-order valence-corrected chi connectivity index (χ3v) is 10.5. The Kier molecular flexibility index (Phi) is 24.7. The van der Waals surface area contributed by atoms with E-state index in [9.17, 15) is 14.4 Å². The number of amides is 4. The van der Waals surface area contributed by atoms with Crippen molar-refractivity contribution in [3.63, 3.8) is 0 Å². The third kappa shape index (κ3) is 21.0. The highest BCUT2D eigenvalue weighted by molar-refractivity contribution is 9.11. The Balaban J connectivity index is 0.918. The van der Waals surface area contributed by atoms with Gasteiger partial charge in [0, 0.05) is 30.5 Å². The van der Waals surface area contributed by atoms with E-state index in [-0.39, 0.29) is 29.9 Å². The van der Waals surface area contributed by atoms with E-state index in [2.05, 4.69) is 42.2 Å². The summed E-state index contributed by atoms with van der Waals surface area (Å²) in [6.07, 6.45) is 4.86. The van der Waals surface area contributed by atoms with E-state index < -0.39 is 0 Å². The number of ether oxygens (including phenoxy) is 8. The Morgan fingerprint density at radius 2 is 1.22 bits per heavy atom. The molecule has 292 valence electrons. The summed E-state index contributed by atoms with van der Waals surface area (Å²) >= 11 is 6.41. The summed E-state index contributed by atoms with van der Waals surface area (Å²) in [5.41, 5.74) is 0. The molecule has 16 nitrogen and oxygen atoms in total. The average Bonchev–Trinajstić information content (AvgIpc) is 3.83. The number of nitrogens with zero attached hydrogens (tertiary/aromatic N) is 1. The molecule has 1 aromatic rings. The molecule has 0 radical (unpaired) electrons. The second-order valence-electron chi connectivity index (χ2n) is 11.3. The molecule has 2 saturated heterocycles. The number of urea groups is 1. The number of carbonyl (C=O) groups is 3. The van der Waals surface area contributed by atoms with Gasteiger partial charge in [-0.1, -0.05) is 6.42 Å². The number of carbonyl (C=O) groups excluding carboxylic acids is 3. The molecule has 0 aromatic carbocycles. The fourth-order valence-electron chi connectivity index (χ4n) is 4.95. The van der Waals surface area contributed by atoms with Crippen LogP contribution in [0.2, 0.25) is 0 Å². The summed E-state index contributed by atoms with van der Waals surface area (Å²) in [5.74, 6) is 0.834. The van der Waals surface area contributed by atoms with Gasteiger partial charge in [0.2, 0.25) is 5.91 Å². The maximum Gasteiger partial charge on any atom is 0.315 e. The Labute approximate surface area is 316 Å². The highest BCUT2D eigenvalue weighted by Crippen LogP contribution is 2.33. The zero-order valence-electron chi connectivity index (χ0n) is 29.2. The molecule has 2 fully saturated rings. The van der Waals surface area contributed by atoms with Crippen LogP contribution in [-0.4, -0.2) is 165 Å². The van der Waals surface area contributed by atoms with Gasteiger partial charge in [-0.2, -0.15) is 11.8 Å². The summed E-state index contributed by atoms with van der Waals surface area (Å²) < 4.78 is 44.5. The summed E-state index contributed by atoms with van der Waals surface area (Å²) in [6.45, 7) is 8.32. The predicted octanol–water partition coefficient (Wildman–Crippen LogP) is 1.61. The standard InChI is InChI=1S/C32H54BrN5O11S2/c33-31-36-23-27(51-31)30(40)35-6-8-43-10-12-45-14-16-47-18-20-49-22-21-48-19-17-46-15-13-44-11-9-42-7-5-34-28(39)4-2-1-3-26-29-25(24-50-26)37-32(41)38-29/h23,25-26,29H,1-22,24H2,(H,34,39)(H,35,40)(H2,37,38,41)/t25-,26-,29-/m0/s1. The minimum Gasteiger partial charge on any atom is -0.377 e.